The highest BCUT2D eigenvalue weighted by Crippen LogP contribution is 1.70. The number of rotatable bonds is 1. The molecule has 3 nitrogen and oxygen atoms in total. The van der Waals surface area contributed by atoms with Crippen LogP contribution in [0.4, 0.5) is 0 Å². The Morgan fingerprint density at radius 2 is 2.50 bits per heavy atom. The molecule has 40 valence electrons. The largest absolute Gasteiger partial charge is 0.441 e. The number of terminal acetylenes is 1. The number of nitriles is 1. The van der Waals surface area contributed by atoms with Crippen LogP contribution in [0.3, 0.4) is 0 Å². The van der Waals surface area contributed by atoms with Crippen molar-refractivity contribution in [1.82, 2.24) is 0 Å². The highest BCUT2D eigenvalue weighted by Gasteiger charge is 1.93. The Bertz CT molecular complexity index is 160. The molecule has 0 radical (unpaired) electrons. The van der Waals surface area contributed by atoms with Gasteiger partial charge >= 0.3 is 5.97 Å². The average Bonchev–Trinajstić information content (AvgIpc) is 1.83. The predicted octanol–water partition coefficient (Wildman–Crippen LogP) is -0.314. The number of ether oxygens (including phenoxy) is 1. The molecule has 0 fully saturated rings. The lowest BCUT2D eigenvalue weighted by Gasteiger charge is -1.86. The van der Waals surface area contributed by atoms with Gasteiger partial charge in [-0.05, 0) is 0 Å². The van der Waals surface area contributed by atoms with Crippen LogP contribution in [0.5, 0.6) is 0 Å². The molecule has 8 heavy (non-hydrogen) atoms. The van der Waals surface area contributed by atoms with Crippen molar-refractivity contribution in [3.63, 3.8) is 0 Å². The maximum absolute atomic E-state index is 9.89. The van der Waals surface area contributed by atoms with Crippen LogP contribution in [0.2, 0.25) is 0 Å². The second-order valence-electron chi connectivity index (χ2n) is 0.892. The average molecular weight is 109 g/mol. The first-order valence-electron chi connectivity index (χ1n) is 1.81. The smallest absolute Gasteiger partial charge is 0.412 e. The van der Waals surface area contributed by atoms with Crippen molar-refractivity contribution in [2.24, 2.45) is 0 Å². The van der Waals surface area contributed by atoms with Gasteiger partial charge in [-0.3, -0.25) is 0 Å². The highest BCUT2D eigenvalue weighted by molar-refractivity contribution is 5.85. The third kappa shape index (κ3) is 2.74. The summed E-state index contributed by atoms with van der Waals surface area (Å²) in [7, 11) is 0. The first kappa shape index (κ1) is 6.52. The molecule has 0 amide bonds. The van der Waals surface area contributed by atoms with E-state index in [0.717, 1.165) is 0 Å². The Hall–Kier alpha value is -1.48. The van der Waals surface area contributed by atoms with Crippen molar-refractivity contribution in [2.45, 2.75) is 0 Å². The minimum atomic E-state index is -0.942. The first-order chi connectivity index (χ1) is 3.81. The summed E-state index contributed by atoms with van der Waals surface area (Å²) in [6, 6.07) is 1.24. The summed E-state index contributed by atoms with van der Waals surface area (Å²) < 4.78 is 4.10. The Balaban J connectivity index is 3.33. The molecule has 0 saturated carbocycles. The number of carbonyl (C=O) groups is 1. The summed E-state index contributed by atoms with van der Waals surface area (Å²) in [6.07, 6.45) is 4.69. The molecule has 0 heterocycles. The topological polar surface area (TPSA) is 50.1 Å². The molecule has 0 unspecified atom stereocenters. The van der Waals surface area contributed by atoms with Gasteiger partial charge < -0.3 is 4.74 Å². The van der Waals surface area contributed by atoms with Gasteiger partial charge in [-0.15, -0.1) is 6.42 Å². The molecule has 0 atom stereocenters. The van der Waals surface area contributed by atoms with Crippen molar-refractivity contribution >= 4 is 5.97 Å². The minimum Gasteiger partial charge on any atom is -0.441 e. The summed E-state index contributed by atoms with van der Waals surface area (Å²) >= 11 is 0. The monoisotopic (exact) mass is 109 g/mol. The van der Waals surface area contributed by atoms with Gasteiger partial charge in [0.25, 0.3) is 0 Å². The van der Waals surface area contributed by atoms with E-state index in [-0.39, 0.29) is 6.61 Å². The van der Waals surface area contributed by atoms with Crippen LogP contribution in [0.25, 0.3) is 0 Å². The normalized spacial score (nSPS) is 6.25. The van der Waals surface area contributed by atoms with Crippen molar-refractivity contribution in [3.05, 3.63) is 0 Å². The molecule has 0 aromatic carbocycles. The standard InChI is InChI=1S/C5H3NO2/c1-2-3-8-5(7)4-6/h1H,3H2. The van der Waals surface area contributed by atoms with E-state index in [4.69, 9.17) is 11.7 Å². The number of carbonyl (C=O) groups excluding carboxylic acids is 1. The van der Waals surface area contributed by atoms with E-state index in [0.29, 0.717) is 0 Å². The lowest BCUT2D eigenvalue weighted by Crippen LogP contribution is -1.99. The zero-order chi connectivity index (χ0) is 6.41. The van der Waals surface area contributed by atoms with Gasteiger partial charge in [-0.25, -0.2) is 4.79 Å². The molecule has 0 saturated heterocycles. The van der Waals surface area contributed by atoms with E-state index < -0.39 is 5.97 Å². The molecule has 0 aromatic rings. The van der Waals surface area contributed by atoms with E-state index >= 15 is 0 Å². The SMILES string of the molecule is C#CCOC(=O)C#N. The van der Waals surface area contributed by atoms with Crippen molar-refractivity contribution in [1.29, 1.82) is 5.26 Å². The van der Waals surface area contributed by atoms with Gasteiger partial charge in [0.1, 0.15) is 0 Å². The fourth-order valence-electron chi connectivity index (χ4n) is 0.139. The van der Waals surface area contributed by atoms with E-state index in [1.165, 1.54) is 6.07 Å². The Morgan fingerprint density at radius 3 is 2.88 bits per heavy atom. The highest BCUT2D eigenvalue weighted by atomic mass is 16.5. The molecule has 0 aliphatic rings. The Labute approximate surface area is 46.9 Å². The Morgan fingerprint density at radius 1 is 1.88 bits per heavy atom. The number of hydrogen-bond acceptors (Lipinski definition) is 3. The van der Waals surface area contributed by atoms with E-state index in [9.17, 15) is 4.79 Å². The lowest BCUT2D eigenvalue weighted by molar-refractivity contribution is -0.135. The van der Waals surface area contributed by atoms with Gasteiger partial charge in [-0.2, -0.15) is 5.26 Å². The number of hydrogen-bond donors (Lipinski definition) is 0. The van der Waals surface area contributed by atoms with Gasteiger partial charge in [0, 0.05) is 0 Å². The predicted molar refractivity (Wildman–Crippen MR) is 25.4 cm³/mol. The number of esters is 1. The van der Waals surface area contributed by atoms with Gasteiger partial charge in [0.05, 0.1) is 0 Å². The molecule has 0 rings (SSSR count). The second-order valence-corrected chi connectivity index (χ2v) is 0.892. The molecular weight excluding hydrogens is 106 g/mol. The molecule has 0 spiro atoms. The second kappa shape index (κ2) is 3.70. The maximum Gasteiger partial charge on any atom is 0.412 e. The fraction of sp³-hybridized carbons (Fsp3) is 0.200. The number of nitrogens with zero attached hydrogens (tertiary/aromatic N) is 1. The summed E-state index contributed by atoms with van der Waals surface area (Å²) in [5, 5.41) is 7.77. The van der Waals surface area contributed by atoms with Crippen LogP contribution in [-0.2, 0) is 9.53 Å². The molecule has 0 aromatic heterocycles. The molecule has 0 N–H and O–H groups in total. The summed E-state index contributed by atoms with van der Waals surface area (Å²) in [6.45, 7) is -0.133. The zero-order valence-corrected chi connectivity index (χ0v) is 4.05. The molecule has 0 aliphatic carbocycles. The van der Waals surface area contributed by atoms with Crippen LogP contribution in [-0.4, -0.2) is 12.6 Å². The van der Waals surface area contributed by atoms with Gasteiger partial charge in [0.2, 0.25) is 0 Å². The Kier molecular flexibility index (Phi) is 3.02. The zero-order valence-electron chi connectivity index (χ0n) is 4.05. The summed E-state index contributed by atoms with van der Waals surface area (Å²) in [5.41, 5.74) is 0. The van der Waals surface area contributed by atoms with Gasteiger partial charge in [0.15, 0.2) is 12.7 Å². The van der Waals surface area contributed by atoms with Crippen molar-refractivity contribution in [2.75, 3.05) is 6.61 Å². The van der Waals surface area contributed by atoms with Crippen molar-refractivity contribution in [3.8, 4) is 18.4 Å². The van der Waals surface area contributed by atoms with Crippen LogP contribution >= 0.6 is 0 Å². The van der Waals surface area contributed by atoms with Gasteiger partial charge in [-0.1, -0.05) is 5.92 Å². The van der Waals surface area contributed by atoms with Crippen molar-refractivity contribution < 1.29 is 9.53 Å². The van der Waals surface area contributed by atoms with Crippen LogP contribution in [0, 0.1) is 23.7 Å². The van der Waals surface area contributed by atoms with Crippen LogP contribution in [0.15, 0.2) is 0 Å². The lowest BCUT2D eigenvalue weighted by atomic mass is 10.7. The summed E-state index contributed by atoms with van der Waals surface area (Å²) in [5.74, 6) is 1.10. The third-order valence-electron chi connectivity index (χ3n) is 0.378. The van der Waals surface area contributed by atoms with Crippen LogP contribution in [0.1, 0.15) is 0 Å². The third-order valence-corrected chi connectivity index (χ3v) is 0.378. The minimum absolute atomic E-state index is 0.133. The fourth-order valence-corrected chi connectivity index (χ4v) is 0.139. The molecule has 0 bridgehead atoms. The molecule has 0 aliphatic heterocycles. The maximum atomic E-state index is 9.89. The van der Waals surface area contributed by atoms with Crippen LogP contribution < -0.4 is 0 Å². The molecular formula is C5H3NO2. The quantitative estimate of drug-likeness (QED) is 0.263. The van der Waals surface area contributed by atoms with E-state index in [2.05, 4.69) is 4.74 Å². The van der Waals surface area contributed by atoms with E-state index in [1.54, 1.807) is 0 Å². The molecule has 3 heteroatoms. The van der Waals surface area contributed by atoms with E-state index in [1.807, 2.05) is 5.92 Å². The first-order valence-corrected chi connectivity index (χ1v) is 1.81. The summed E-state index contributed by atoms with van der Waals surface area (Å²) in [4.78, 5) is 9.89.